The van der Waals surface area contributed by atoms with Gasteiger partial charge in [-0.25, -0.2) is 17.8 Å². The van der Waals surface area contributed by atoms with E-state index in [1.165, 1.54) is 21.7 Å². The molecule has 1 aromatic carbocycles. The fourth-order valence-electron chi connectivity index (χ4n) is 2.83. The van der Waals surface area contributed by atoms with Crippen LogP contribution < -0.4 is 5.32 Å². The Morgan fingerprint density at radius 3 is 2.65 bits per heavy atom. The fourth-order valence-corrected chi connectivity index (χ4v) is 5.52. The molecule has 2 aromatic rings. The molecule has 6 nitrogen and oxygen atoms in total. The van der Waals surface area contributed by atoms with Gasteiger partial charge in [0.2, 0.25) is 10.0 Å². The zero-order chi connectivity index (χ0) is 18.9. The lowest BCUT2D eigenvalue weighted by Gasteiger charge is -2.31. The van der Waals surface area contributed by atoms with Crippen LogP contribution in [0.3, 0.4) is 0 Å². The lowest BCUT2D eigenvalue weighted by atomic mass is 10.1. The van der Waals surface area contributed by atoms with Crippen molar-refractivity contribution in [1.29, 1.82) is 0 Å². The van der Waals surface area contributed by atoms with Gasteiger partial charge in [0.15, 0.2) is 0 Å². The average molecular weight is 418 g/mol. The molecule has 0 radical (unpaired) electrons. The molecular weight excluding hydrogens is 401 g/mol. The zero-order valence-corrected chi connectivity index (χ0v) is 16.3. The number of nitrogens with zero attached hydrogens (tertiary/aromatic N) is 2. The van der Waals surface area contributed by atoms with Crippen LogP contribution in [0.25, 0.3) is 0 Å². The van der Waals surface area contributed by atoms with Gasteiger partial charge in [-0.3, -0.25) is 4.79 Å². The number of carbonyl (C=O) groups excluding carboxylic acids is 1. The number of sulfonamides is 1. The molecule has 2 heterocycles. The van der Waals surface area contributed by atoms with Crippen LogP contribution in [0.2, 0.25) is 5.02 Å². The molecule has 0 aliphatic carbocycles. The predicted molar refractivity (Wildman–Crippen MR) is 97.5 cm³/mol. The highest BCUT2D eigenvalue weighted by molar-refractivity contribution is 7.89. The molecule has 10 heteroatoms. The maximum atomic E-state index is 13.2. The highest BCUT2D eigenvalue weighted by atomic mass is 35.5. The van der Waals surface area contributed by atoms with E-state index in [1.807, 2.05) is 0 Å². The van der Waals surface area contributed by atoms with E-state index in [1.54, 1.807) is 12.4 Å². The van der Waals surface area contributed by atoms with Crippen molar-refractivity contribution in [3.8, 4) is 0 Å². The normalized spacial score (nSPS) is 16.6. The van der Waals surface area contributed by atoms with Crippen molar-refractivity contribution in [3.05, 3.63) is 45.1 Å². The summed E-state index contributed by atoms with van der Waals surface area (Å²) in [5.74, 6) is -0.776. The van der Waals surface area contributed by atoms with E-state index in [2.05, 4.69) is 10.3 Å². The Hall–Kier alpha value is -1.55. The molecule has 3 rings (SSSR count). The quantitative estimate of drug-likeness (QED) is 0.829. The van der Waals surface area contributed by atoms with E-state index in [0.717, 1.165) is 12.1 Å². The van der Waals surface area contributed by atoms with Crippen molar-refractivity contribution < 1.29 is 17.6 Å². The molecule has 1 aliphatic heterocycles. The van der Waals surface area contributed by atoms with Crippen molar-refractivity contribution in [2.75, 3.05) is 13.1 Å². The Bertz CT molecular complexity index is 925. The smallest absolute Gasteiger partial charge is 0.263 e. The van der Waals surface area contributed by atoms with Gasteiger partial charge in [0.1, 0.15) is 15.6 Å². The molecule has 0 atom stereocenters. The number of piperidine rings is 1. The zero-order valence-electron chi connectivity index (χ0n) is 13.9. The third-order valence-electron chi connectivity index (χ3n) is 4.25. The third-order valence-corrected chi connectivity index (χ3v) is 7.56. The van der Waals surface area contributed by atoms with E-state index in [9.17, 15) is 17.6 Å². The van der Waals surface area contributed by atoms with Gasteiger partial charge in [-0.1, -0.05) is 11.6 Å². The molecular formula is C16H17ClFN3O3S2. The third kappa shape index (κ3) is 3.90. The Morgan fingerprint density at radius 2 is 2.08 bits per heavy atom. The molecule has 1 saturated heterocycles. The summed E-state index contributed by atoms with van der Waals surface area (Å²) in [7, 11) is -3.80. The van der Waals surface area contributed by atoms with Crippen molar-refractivity contribution in [2.45, 2.75) is 30.7 Å². The van der Waals surface area contributed by atoms with Gasteiger partial charge in [0, 0.05) is 19.1 Å². The van der Waals surface area contributed by atoms with Crippen LogP contribution in [0.1, 0.15) is 28.2 Å². The van der Waals surface area contributed by atoms with Gasteiger partial charge >= 0.3 is 0 Å². The van der Waals surface area contributed by atoms with Crippen LogP contribution in [-0.2, 0) is 10.0 Å². The second-order valence-corrected chi connectivity index (χ2v) is 9.16. The Balaban J connectivity index is 1.64. The molecule has 140 valence electrons. The maximum Gasteiger partial charge on any atom is 0.263 e. The summed E-state index contributed by atoms with van der Waals surface area (Å²) in [5.41, 5.74) is 2.30. The molecule has 0 bridgehead atoms. The molecule has 1 N–H and O–H groups in total. The van der Waals surface area contributed by atoms with Crippen molar-refractivity contribution in [1.82, 2.24) is 14.6 Å². The molecule has 1 aromatic heterocycles. The van der Waals surface area contributed by atoms with Crippen molar-refractivity contribution in [2.24, 2.45) is 0 Å². The van der Waals surface area contributed by atoms with E-state index >= 15 is 0 Å². The monoisotopic (exact) mass is 417 g/mol. The van der Waals surface area contributed by atoms with E-state index in [0.29, 0.717) is 23.4 Å². The van der Waals surface area contributed by atoms with Crippen LogP contribution in [0.4, 0.5) is 4.39 Å². The van der Waals surface area contributed by atoms with Gasteiger partial charge in [0.05, 0.1) is 16.2 Å². The second-order valence-electron chi connectivity index (χ2n) is 5.99. The van der Waals surface area contributed by atoms with Gasteiger partial charge in [-0.2, -0.15) is 4.31 Å². The van der Waals surface area contributed by atoms with E-state index < -0.39 is 15.8 Å². The minimum Gasteiger partial charge on any atom is -0.348 e. The van der Waals surface area contributed by atoms with Crippen LogP contribution in [0, 0.1) is 12.7 Å². The number of halogens is 2. The number of thiazole rings is 1. The number of hydrogen-bond acceptors (Lipinski definition) is 5. The van der Waals surface area contributed by atoms with Gasteiger partial charge in [0.25, 0.3) is 5.91 Å². The van der Waals surface area contributed by atoms with Gasteiger partial charge in [-0.15, -0.1) is 11.3 Å². The topological polar surface area (TPSA) is 79.4 Å². The molecule has 1 aliphatic rings. The fraction of sp³-hybridized carbons (Fsp3) is 0.375. The summed E-state index contributed by atoms with van der Waals surface area (Å²) in [6.45, 7) is 2.28. The SMILES string of the molecule is Cc1ncsc1C(=O)NC1CCN(S(=O)(=O)c2ccc(F)cc2Cl)CC1. The number of amides is 1. The molecule has 0 unspecified atom stereocenters. The average Bonchev–Trinajstić information content (AvgIpc) is 3.01. The first-order chi connectivity index (χ1) is 12.3. The molecule has 1 amide bonds. The van der Waals surface area contributed by atoms with Crippen LogP contribution >= 0.6 is 22.9 Å². The Labute approximate surface area is 160 Å². The number of carbonyl (C=O) groups is 1. The number of rotatable bonds is 4. The van der Waals surface area contributed by atoms with Crippen LogP contribution in [0.15, 0.2) is 28.6 Å². The highest BCUT2D eigenvalue weighted by Crippen LogP contribution is 2.27. The van der Waals surface area contributed by atoms with Gasteiger partial charge in [-0.05, 0) is 38.0 Å². The summed E-state index contributed by atoms with van der Waals surface area (Å²) in [4.78, 5) is 16.8. The number of hydrogen-bond donors (Lipinski definition) is 1. The Kier molecular flexibility index (Phi) is 5.61. The first kappa shape index (κ1) is 19.2. The standard InChI is InChI=1S/C16H17ClFN3O3S2/c1-10-15(25-9-19-10)16(22)20-12-4-6-21(7-5-12)26(23,24)14-3-2-11(18)8-13(14)17/h2-3,8-9,12H,4-7H2,1H3,(H,20,22). The largest absolute Gasteiger partial charge is 0.348 e. The predicted octanol–water partition coefficient (Wildman–Crippen LogP) is 2.83. The maximum absolute atomic E-state index is 13.2. The summed E-state index contributed by atoms with van der Waals surface area (Å²) in [5, 5.41) is 2.79. The van der Waals surface area contributed by atoms with Crippen molar-refractivity contribution in [3.63, 3.8) is 0 Å². The summed E-state index contributed by atoms with van der Waals surface area (Å²) in [6, 6.07) is 3.12. The molecule has 26 heavy (non-hydrogen) atoms. The molecule has 0 spiro atoms. The van der Waals surface area contributed by atoms with Crippen molar-refractivity contribution >= 4 is 38.9 Å². The number of nitrogens with one attached hydrogen (secondary N) is 1. The van der Waals surface area contributed by atoms with Gasteiger partial charge < -0.3 is 5.32 Å². The number of aryl methyl sites for hydroxylation is 1. The lowest BCUT2D eigenvalue weighted by Crippen LogP contribution is -2.46. The molecule has 0 saturated carbocycles. The van der Waals surface area contributed by atoms with Crippen LogP contribution in [-0.4, -0.2) is 42.7 Å². The second kappa shape index (κ2) is 7.59. The summed E-state index contributed by atoms with van der Waals surface area (Å²) >= 11 is 7.17. The van der Waals surface area contributed by atoms with E-state index in [4.69, 9.17) is 11.6 Å². The molecule has 1 fully saturated rings. The highest BCUT2D eigenvalue weighted by Gasteiger charge is 2.31. The lowest BCUT2D eigenvalue weighted by molar-refractivity contribution is 0.0927. The van der Waals surface area contributed by atoms with E-state index in [-0.39, 0.29) is 35.0 Å². The Morgan fingerprint density at radius 1 is 1.38 bits per heavy atom. The summed E-state index contributed by atoms with van der Waals surface area (Å²) < 4.78 is 39.9. The minimum absolute atomic E-state index is 0.108. The minimum atomic E-state index is -3.80. The first-order valence-electron chi connectivity index (χ1n) is 7.95. The first-order valence-corrected chi connectivity index (χ1v) is 10.6. The number of benzene rings is 1. The summed E-state index contributed by atoms with van der Waals surface area (Å²) in [6.07, 6.45) is 0.975. The number of aromatic nitrogens is 1. The van der Waals surface area contributed by atoms with Crippen LogP contribution in [0.5, 0.6) is 0 Å².